The summed E-state index contributed by atoms with van der Waals surface area (Å²) in [5.41, 5.74) is 1.54. The van der Waals surface area contributed by atoms with Crippen LogP contribution in [0.4, 0.5) is 0 Å². The highest BCUT2D eigenvalue weighted by molar-refractivity contribution is 5.94. The molecule has 1 unspecified atom stereocenters. The Morgan fingerprint density at radius 3 is 2.80 bits per heavy atom. The highest BCUT2D eigenvalue weighted by Crippen LogP contribution is 2.21. The van der Waals surface area contributed by atoms with Crippen LogP contribution in [0.25, 0.3) is 0 Å². The maximum Gasteiger partial charge on any atom is 0.273 e. The van der Waals surface area contributed by atoms with E-state index in [0.717, 1.165) is 18.2 Å². The lowest BCUT2D eigenvalue weighted by molar-refractivity contribution is 0.0536. The van der Waals surface area contributed by atoms with Crippen molar-refractivity contribution in [3.8, 4) is 6.07 Å². The van der Waals surface area contributed by atoms with Gasteiger partial charge in [0.25, 0.3) is 5.91 Å². The van der Waals surface area contributed by atoms with Crippen molar-refractivity contribution in [1.82, 2.24) is 29.5 Å². The maximum atomic E-state index is 13.1. The van der Waals surface area contributed by atoms with Crippen LogP contribution in [-0.4, -0.2) is 62.1 Å². The Balaban J connectivity index is 1.95. The van der Waals surface area contributed by atoms with Crippen molar-refractivity contribution in [2.24, 2.45) is 0 Å². The molecular formula is C17H21N7O. The van der Waals surface area contributed by atoms with Gasteiger partial charge in [0.2, 0.25) is 0 Å². The zero-order valence-electron chi connectivity index (χ0n) is 14.9. The van der Waals surface area contributed by atoms with Crippen molar-refractivity contribution in [2.45, 2.75) is 33.0 Å². The lowest BCUT2D eigenvalue weighted by Gasteiger charge is -2.37. The van der Waals surface area contributed by atoms with E-state index in [0.29, 0.717) is 29.9 Å². The van der Waals surface area contributed by atoms with Crippen LogP contribution in [0.1, 0.15) is 33.3 Å². The molecule has 0 bridgehead atoms. The van der Waals surface area contributed by atoms with Gasteiger partial charge in [0.1, 0.15) is 17.6 Å². The SMILES string of the molecule is Cc1cc(C#N)cnc1C(=O)N1Cc2nnc(C)n2CC1CN(C)C. The van der Waals surface area contributed by atoms with Gasteiger partial charge in [-0.15, -0.1) is 10.2 Å². The van der Waals surface area contributed by atoms with Crippen molar-refractivity contribution < 1.29 is 4.79 Å². The Hall–Kier alpha value is -2.79. The van der Waals surface area contributed by atoms with Crippen LogP contribution in [0.3, 0.4) is 0 Å². The smallest absolute Gasteiger partial charge is 0.273 e. The molecule has 0 aliphatic carbocycles. The van der Waals surface area contributed by atoms with Crippen LogP contribution in [0.15, 0.2) is 12.3 Å². The number of nitrogens with zero attached hydrogens (tertiary/aromatic N) is 7. The Morgan fingerprint density at radius 2 is 2.16 bits per heavy atom. The highest BCUT2D eigenvalue weighted by atomic mass is 16.2. The predicted octanol–water partition coefficient (Wildman–Crippen LogP) is 0.748. The second-order valence-corrected chi connectivity index (χ2v) is 6.62. The van der Waals surface area contributed by atoms with Gasteiger partial charge in [-0.3, -0.25) is 4.79 Å². The van der Waals surface area contributed by atoms with Crippen molar-refractivity contribution in [1.29, 1.82) is 5.26 Å². The molecule has 0 aromatic carbocycles. The molecule has 0 saturated heterocycles. The van der Waals surface area contributed by atoms with Crippen LogP contribution in [-0.2, 0) is 13.1 Å². The summed E-state index contributed by atoms with van der Waals surface area (Å²) in [6, 6.07) is 3.74. The molecule has 0 spiro atoms. The maximum absolute atomic E-state index is 13.1. The molecule has 0 radical (unpaired) electrons. The number of aromatic nitrogens is 4. The third-order valence-electron chi connectivity index (χ3n) is 4.40. The van der Waals surface area contributed by atoms with E-state index in [-0.39, 0.29) is 11.9 Å². The van der Waals surface area contributed by atoms with Gasteiger partial charge in [0.05, 0.1) is 18.2 Å². The van der Waals surface area contributed by atoms with Crippen LogP contribution >= 0.6 is 0 Å². The lowest BCUT2D eigenvalue weighted by atomic mass is 10.1. The molecule has 2 aromatic heterocycles. The van der Waals surface area contributed by atoms with Gasteiger partial charge < -0.3 is 14.4 Å². The second-order valence-electron chi connectivity index (χ2n) is 6.62. The molecule has 130 valence electrons. The fraction of sp³-hybridized carbons (Fsp3) is 0.471. The molecule has 1 atom stereocenters. The minimum absolute atomic E-state index is 0.00143. The van der Waals surface area contributed by atoms with Gasteiger partial charge in [-0.2, -0.15) is 5.26 Å². The topological polar surface area (TPSA) is 90.9 Å². The molecule has 2 aromatic rings. The standard InChI is InChI=1S/C17H21N7O/c1-11-5-13(6-18)7-19-16(11)17(25)24-10-15-21-20-12(2)23(15)9-14(24)8-22(3)4/h5,7,14H,8-10H2,1-4H3. The number of nitriles is 1. The second kappa shape index (κ2) is 6.61. The van der Waals surface area contributed by atoms with E-state index in [9.17, 15) is 4.79 Å². The van der Waals surface area contributed by atoms with Crippen molar-refractivity contribution >= 4 is 5.91 Å². The zero-order chi connectivity index (χ0) is 18.1. The fourth-order valence-electron chi connectivity index (χ4n) is 3.18. The summed E-state index contributed by atoms with van der Waals surface area (Å²) in [6.45, 7) is 5.52. The Labute approximate surface area is 146 Å². The predicted molar refractivity (Wildman–Crippen MR) is 90.7 cm³/mol. The number of pyridine rings is 1. The quantitative estimate of drug-likeness (QED) is 0.819. The van der Waals surface area contributed by atoms with E-state index < -0.39 is 0 Å². The average molecular weight is 339 g/mol. The number of likely N-dealkylation sites (N-methyl/N-ethyl adjacent to an activating group) is 1. The first-order valence-corrected chi connectivity index (χ1v) is 8.11. The first kappa shape index (κ1) is 17.0. The van der Waals surface area contributed by atoms with Crippen LogP contribution in [0, 0.1) is 25.2 Å². The first-order chi connectivity index (χ1) is 11.9. The number of carbonyl (C=O) groups excluding carboxylic acids is 1. The molecule has 0 N–H and O–H groups in total. The molecule has 25 heavy (non-hydrogen) atoms. The van der Waals surface area contributed by atoms with Crippen molar-refractivity contribution in [2.75, 3.05) is 20.6 Å². The minimum Gasteiger partial charge on any atom is -0.324 e. The monoisotopic (exact) mass is 339 g/mol. The number of carbonyl (C=O) groups is 1. The summed E-state index contributed by atoms with van der Waals surface area (Å²) in [7, 11) is 3.98. The largest absolute Gasteiger partial charge is 0.324 e. The van der Waals surface area contributed by atoms with Gasteiger partial charge in [0, 0.05) is 19.3 Å². The summed E-state index contributed by atoms with van der Waals surface area (Å²) in [5, 5.41) is 17.3. The summed E-state index contributed by atoms with van der Waals surface area (Å²) in [4.78, 5) is 21.2. The van der Waals surface area contributed by atoms with Gasteiger partial charge >= 0.3 is 0 Å². The summed E-state index contributed by atoms with van der Waals surface area (Å²) < 4.78 is 2.07. The number of hydrogen-bond donors (Lipinski definition) is 0. The Bertz CT molecular complexity index is 849. The van der Waals surface area contributed by atoms with E-state index >= 15 is 0 Å². The Kier molecular flexibility index (Phi) is 4.51. The lowest BCUT2D eigenvalue weighted by Crippen LogP contribution is -2.51. The molecule has 3 rings (SSSR count). The molecule has 0 saturated carbocycles. The molecule has 3 heterocycles. The first-order valence-electron chi connectivity index (χ1n) is 8.11. The number of fused-ring (bicyclic) bond motifs is 1. The van der Waals surface area contributed by atoms with Gasteiger partial charge in [-0.25, -0.2) is 4.98 Å². The number of amides is 1. The third kappa shape index (κ3) is 3.23. The van der Waals surface area contributed by atoms with Crippen molar-refractivity contribution in [3.63, 3.8) is 0 Å². The van der Waals surface area contributed by atoms with Crippen LogP contribution in [0.2, 0.25) is 0 Å². The Morgan fingerprint density at radius 1 is 1.40 bits per heavy atom. The van der Waals surface area contributed by atoms with E-state index in [1.54, 1.807) is 13.0 Å². The highest BCUT2D eigenvalue weighted by Gasteiger charge is 2.33. The molecule has 8 nitrogen and oxygen atoms in total. The van der Waals surface area contributed by atoms with Crippen LogP contribution < -0.4 is 0 Å². The number of aryl methyl sites for hydroxylation is 2. The van der Waals surface area contributed by atoms with E-state index in [1.165, 1.54) is 6.20 Å². The number of rotatable bonds is 3. The molecule has 1 aliphatic rings. The fourth-order valence-corrected chi connectivity index (χ4v) is 3.18. The van der Waals surface area contributed by atoms with E-state index in [1.807, 2.05) is 32.0 Å². The number of hydrogen-bond acceptors (Lipinski definition) is 6. The summed E-state index contributed by atoms with van der Waals surface area (Å²) in [5.74, 6) is 1.51. The van der Waals surface area contributed by atoms with Gasteiger partial charge in [-0.05, 0) is 39.6 Å². The van der Waals surface area contributed by atoms with E-state index in [2.05, 4.69) is 24.6 Å². The van der Waals surface area contributed by atoms with E-state index in [4.69, 9.17) is 5.26 Å². The third-order valence-corrected chi connectivity index (χ3v) is 4.40. The summed E-state index contributed by atoms with van der Waals surface area (Å²) in [6.07, 6.45) is 1.44. The van der Waals surface area contributed by atoms with Crippen LogP contribution in [0.5, 0.6) is 0 Å². The molecular weight excluding hydrogens is 318 g/mol. The average Bonchev–Trinajstić information content (AvgIpc) is 2.93. The van der Waals surface area contributed by atoms with Crippen molar-refractivity contribution in [3.05, 3.63) is 40.7 Å². The zero-order valence-corrected chi connectivity index (χ0v) is 14.9. The molecule has 8 heteroatoms. The molecule has 0 fully saturated rings. The molecule has 1 aliphatic heterocycles. The normalized spacial score (nSPS) is 16.6. The minimum atomic E-state index is -0.138. The molecule has 1 amide bonds. The van der Waals surface area contributed by atoms with Gasteiger partial charge in [0.15, 0.2) is 5.82 Å². The summed E-state index contributed by atoms with van der Waals surface area (Å²) >= 11 is 0. The van der Waals surface area contributed by atoms with Gasteiger partial charge in [-0.1, -0.05) is 0 Å².